The van der Waals surface area contributed by atoms with Crippen LogP contribution in [0.15, 0.2) is 35.2 Å². The number of rotatable bonds is 4. The van der Waals surface area contributed by atoms with Crippen LogP contribution in [0, 0.1) is 11.8 Å². The summed E-state index contributed by atoms with van der Waals surface area (Å²) in [5.41, 5.74) is 5.94. The Balaban J connectivity index is 2.09. The molecule has 1 unspecified atom stereocenters. The molecule has 110 valence electrons. The smallest absolute Gasteiger partial charge is 0.306 e. The molecular formula is C14H19NO4S. The van der Waals surface area contributed by atoms with Crippen LogP contribution in [0.2, 0.25) is 0 Å². The van der Waals surface area contributed by atoms with Gasteiger partial charge in [0.15, 0.2) is 9.84 Å². The average Bonchev–Trinajstić information content (AvgIpc) is 2.47. The molecule has 0 heterocycles. The Morgan fingerprint density at radius 2 is 1.70 bits per heavy atom. The standard InChI is InChI=1S/C14H19NO4S/c15-13(10-6-8-11(9-7-10)14(16)17)20(18,19)12-4-2-1-3-5-12/h1-5,10-11,13H,6-9,15H2,(H,16,17)/t10-,11-,13?. The molecule has 0 radical (unpaired) electrons. The first-order valence-electron chi connectivity index (χ1n) is 6.70. The minimum Gasteiger partial charge on any atom is -0.481 e. The SMILES string of the molecule is NC([C@H]1CC[C@H](C(=O)O)CC1)S(=O)(=O)c1ccccc1. The first kappa shape index (κ1) is 15.0. The lowest BCUT2D eigenvalue weighted by Gasteiger charge is -2.30. The topological polar surface area (TPSA) is 97.5 Å². The summed E-state index contributed by atoms with van der Waals surface area (Å²) in [5.74, 6) is -1.34. The van der Waals surface area contributed by atoms with Gasteiger partial charge in [-0.05, 0) is 43.7 Å². The fourth-order valence-corrected chi connectivity index (χ4v) is 4.34. The summed E-state index contributed by atoms with van der Waals surface area (Å²) in [6.45, 7) is 0. The zero-order chi connectivity index (χ0) is 14.8. The second-order valence-electron chi connectivity index (χ2n) is 5.27. The maximum absolute atomic E-state index is 12.4. The molecule has 0 saturated heterocycles. The molecule has 1 fully saturated rings. The Labute approximate surface area is 118 Å². The lowest BCUT2D eigenvalue weighted by molar-refractivity contribution is -0.143. The second-order valence-corrected chi connectivity index (χ2v) is 7.38. The van der Waals surface area contributed by atoms with Crippen molar-refractivity contribution in [1.29, 1.82) is 0 Å². The van der Waals surface area contributed by atoms with E-state index in [2.05, 4.69) is 0 Å². The molecule has 0 spiro atoms. The van der Waals surface area contributed by atoms with Gasteiger partial charge in [0, 0.05) is 0 Å². The number of aliphatic carboxylic acids is 1. The van der Waals surface area contributed by atoms with E-state index in [4.69, 9.17) is 10.8 Å². The van der Waals surface area contributed by atoms with E-state index < -0.39 is 21.2 Å². The van der Waals surface area contributed by atoms with Crippen LogP contribution in [0.4, 0.5) is 0 Å². The third-order valence-corrected chi connectivity index (χ3v) is 6.05. The van der Waals surface area contributed by atoms with Crippen LogP contribution in [-0.4, -0.2) is 24.9 Å². The van der Waals surface area contributed by atoms with E-state index in [9.17, 15) is 13.2 Å². The Morgan fingerprint density at radius 3 is 2.20 bits per heavy atom. The molecule has 1 aromatic carbocycles. The highest BCUT2D eigenvalue weighted by Gasteiger charge is 2.35. The lowest BCUT2D eigenvalue weighted by atomic mass is 9.82. The quantitative estimate of drug-likeness (QED) is 0.880. The summed E-state index contributed by atoms with van der Waals surface area (Å²) in [6, 6.07) is 8.17. The Hall–Kier alpha value is -1.40. The van der Waals surface area contributed by atoms with Crippen LogP contribution in [0.1, 0.15) is 25.7 Å². The number of carboxylic acids is 1. The molecule has 1 atom stereocenters. The molecule has 0 bridgehead atoms. The van der Waals surface area contributed by atoms with Crippen LogP contribution in [-0.2, 0) is 14.6 Å². The Morgan fingerprint density at radius 1 is 1.15 bits per heavy atom. The van der Waals surface area contributed by atoms with E-state index in [0.717, 1.165) is 0 Å². The minimum atomic E-state index is -3.55. The van der Waals surface area contributed by atoms with Crippen LogP contribution in [0.3, 0.4) is 0 Å². The van der Waals surface area contributed by atoms with E-state index in [1.54, 1.807) is 18.2 Å². The van der Waals surface area contributed by atoms with Crippen LogP contribution in [0.25, 0.3) is 0 Å². The van der Waals surface area contributed by atoms with Gasteiger partial charge in [-0.3, -0.25) is 4.79 Å². The van der Waals surface area contributed by atoms with Crippen molar-refractivity contribution in [2.75, 3.05) is 0 Å². The third kappa shape index (κ3) is 3.02. The molecule has 6 heteroatoms. The van der Waals surface area contributed by atoms with Crippen molar-refractivity contribution in [3.63, 3.8) is 0 Å². The van der Waals surface area contributed by atoms with Crippen molar-refractivity contribution in [2.24, 2.45) is 17.6 Å². The normalized spacial score (nSPS) is 25.1. The fourth-order valence-electron chi connectivity index (χ4n) is 2.72. The lowest BCUT2D eigenvalue weighted by Crippen LogP contribution is -2.40. The van der Waals surface area contributed by atoms with Gasteiger partial charge in [-0.2, -0.15) is 0 Å². The number of hydrogen-bond acceptors (Lipinski definition) is 4. The zero-order valence-corrected chi connectivity index (χ0v) is 11.9. The highest BCUT2D eigenvalue weighted by molar-refractivity contribution is 7.92. The predicted molar refractivity (Wildman–Crippen MR) is 74.7 cm³/mol. The minimum absolute atomic E-state index is 0.171. The maximum Gasteiger partial charge on any atom is 0.306 e. The molecule has 20 heavy (non-hydrogen) atoms. The summed E-state index contributed by atoms with van der Waals surface area (Å²) >= 11 is 0. The summed E-state index contributed by atoms with van der Waals surface area (Å²) in [6.07, 6.45) is 2.09. The van der Waals surface area contributed by atoms with E-state index in [0.29, 0.717) is 25.7 Å². The summed E-state index contributed by atoms with van der Waals surface area (Å²) in [7, 11) is -3.55. The maximum atomic E-state index is 12.4. The van der Waals surface area contributed by atoms with Gasteiger partial charge in [-0.25, -0.2) is 8.42 Å². The van der Waals surface area contributed by atoms with Crippen molar-refractivity contribution >= 4 is 15.8 Å². The average molecular weight is 297 g/mol. The van der Waals surface area contributed by atoms with Crippen molar-refractivity contribution in [3.05, 3.63) is 30.3 Å². The highest BCUT2D eigenvalue weighted by atomic mass is 32.2. The van der Waals surface area contributed by atoms with Gasteiger partial charge >= 0.3 is 5.97 Å². The number of sulfone groups is 1. The van der Waals surface area contributed by atoms with Crippen molar-refractivity contribution in [3.8, 4) is 0 Å². The summed E-state index contributed by atoms with van der Waals surface area (Å²) < 4.78 is 24.8. The number of carboxylic acid groups (broad SMARTS) is 1. The van der Waals surface area contributed by atoms with E-state index in [-0.39, 0.29) is 16.7 Å². The third-order valence-electron chi connectivity index (χ3n) is 4.02. The Bertz CT molecular complexity index is 562. The second kappa shape index (κ2) is 5.93. The molecule has 0 aromatic heterocycles. The van der Waals surface area contributed by atoms with Gasteiger partial charge in [0.1, 0.15) is 5.37 Å². The first-order valence-corrected chi connectivity index (χ1v) is 8.25. The Kier molecular flexibility index (Phi) is 4.45. The molecule has 1 aliphatic rings. The van der Waals surface area contributed by atoms with Gasteiger partial charge < -0.3 is 10.8 Å². The molecule has 0 amide bonds. The predicted octanol–water partition coefficient (Wildman–Crippen LogP) is 1.64. The molecule has 1 saturated carbocycles. The van der Waals surface area contributed by atoms with Crippen LogP contribution < -0.4 is 5.73 Å². The molecule has 3 N–H and O–H groups in total. The molecule has 5 nitrogen and oxygen atoms in total. The van der Waals surface area contributed by atoms with Gasteiger partial charge in [0.05, 0.1) is 10.8 Å². The van der Waals surface area contributed by atoms with Gasteiger partial charge in [-0.1, -0.05) is 18.2 Å². The van der Waals surface area contributed by atoms with Gasteiger partial charge in [0.25, 0.3) is 0 Å². The number of benzene rings is 1. The van der Waals surface area contributed by atoms with Crippen LogP contribution in [0.5, 0.6) is 0 Å². The van der Waals surface area contributed by atoms with E-state index >= 15 is 0 Å². The fraction of sp³-hybridized carbons (Fsp3) is 0.500. The van der Waals surface area contributed by atoms with Gasteiger partial charge in [0.2, 0.25) is 0 Å². The van der Waals surface area contributed by atoms with Gasteiger partial charge in [-0.15, -0.1) is 0 Å². The molecule has 1 aliphatic carbocycles. The van der Waals surface area contributed by atoms with Crippen LogP contribution >= 0.6 is 0 Å². The molecule has 0 aliphatic heterocycles. The van der Waals surface area contributed by atoms with Crippen molar-refractivity contribution in [1.82, 2.24) is 0 Å². The number of hydrogen-bond donors (Lipinski definition) is 2. The summed E-state index contributed by atoms with van der Waals surface area (Å²) in [4.78, 5) is 11.1. The largest absolute Gasteiger partial charge is 0.481 e. The van der Waals surface area contributed by atoms with Crippen molar-refractivity contribution in [2.45, 2.75) is 36.0 Å². The van der Waals surface area contributed by atoms with E-state index in [1.807, 2.05) is 0 Å². The molecular weight excluding hydrogens is 278 g/mol. The number of carbonyl (C=O) groups is 1. The highest BCUT2D eigenvalue weighted by Crippen LogP contribution is 2.33. The van der Waals surface area contributed by atoms with Crippen molar-refractivity contribution < 1.29 is 18.3 Å². The summed E-state index contributed by atoms with van der Waals surface area (Å²) in [5, 5.41) is 7.99. The first-order chi connectivity index (χ1) is 9.43. The molecule has 1 aromatic rings. The monoisotopic (exact) mass is 297 g/mol. The van der Waals surface area contributed by atoms with E-state index in [1.165, 1.54) is 12.1 Å². The molecule has 2 rings (SSSR count). The number of nitrogens with two attached hydrogens (primary N) is 1. The zero-order valence-electron chi connectivity index (χ0n) is 11.1.